The van der Waals surface area contributed by atoms with Crippen LogP contribution >= 0.6 is 0 Å². The lowest BCUT2D eigenvalue weighted by atomic mass is 10.4. The van der Waals surface area contributed by atoms with Gasteiger partial charge < -0.3 is 22.5 Å². The van der Waals surface area contributed by atoms with Crippen molar-refractivity contribution in [2.45, 2.75) is 58.9 Å². The van der Waals surface area contributed by atoms with Gasteiger partial charge in [-0.05, 0) is 46.2 Å². The van der Waals surface area contributed by atoms with Gasteiger partial charge in [0.25, 0.3) is 0 Å². The predicted octanol–water partition coefficient (Wildman–Crippen LogP) is 2.75. The lowest BCUT2D eigenvalue weighted by molar-refractivity contribution is -0.141. The average molecular weight is 381 g/mol. The number of hydrogen-bond donors (Lipinski definition) is 1. The van der Waals surface area contributed by atoms with Gasteiger partial charge in [0.15, 0.2) is 16.6 Å². The number of rotatable bonds is 10. The quantitative estimate of drug-likeness (QED) is 0.357. The van der Waals surface area contributed by atoms with Gasteiger partial charge in [-0.25, -0.2) is 4.79 Å². The Morgan fingerprint density at radius 3 is 1.87 bits per heavy atom. The summed E-state index contributed by atoms with van der Waals surface area (Å²) in [6.45, 7) is 15.9. The number of carbonyl (C=O) groups excluding carboxylic acids is 1. The van der Waals surface area contributed by atoms with E-state index in [1.807, 2.05) is 6.55 Å². The van der Waals surface area contributed by atoms with Crippen LogP contribution < -0.4 is 0 Å². The first kappa shape index (κ1) is 22.7. The van der Waals surface area contributed by atoms with E-state index < -0.39 is 37.5 Å². The van der Waals surface area contributed by atoms with E-state index >= 15 is 0 Å². The van der Waals surface area contributed by atoms with Crippen molar-refractivity contribution in [2.75, 3.05) is 13.2 Å². The number of aliphatic hydroxyl groups excluding tert-OH is 1. The van der Waals surface area contributed by atoms with Crippen molar-refractivity contribution >= 4 is 31.4 Å². The first-order valence-electron chi connectivity index (χ1n) is 7.78. The Hall–Kier alpha value is -0.299. The molecular weight excluding hydrogens is 348 g/mol. The lowest BCUT2D eigenvalue weighted by Gasteiger charge is -2.37. The van der Waals surface area contributed by atoms with Gasteiger partial charge in [0.1, 0.15) is 12.7 Å². The van der Waals surface area contributed by atoms with Crippen LogP contribution in [0.15, 0.2) is 12.2 Å². The van der Waals surface area contributed by atoms with Crippen LogP contribution in [0.1, 0.15) is 6.92 Å². The molecule has 0 aromatic heterocycles. The summed E-state index contributed by atoms with van der Waals surface area (Å²) in [6, 6.07) is 0. The minimum Gasteiger partial charge on any atom is -0.460 e. The molecule has 0 saturated heterocycles. The Bertz CT molecular complexity index is 384. The molecule has 136 valence electrons. The summed E-state index contributed by atoms with van der Waals surface area (Å²) in [6.07, 6.45) is 1.97. The third-order valence-corrected chi connectivity index (χ3v) is 10.8. The van der Waals surface area contributed by atoms with Crippen molar-refractivity contribution in [3.05, 3.63) is 12.2 Å². The van der Waals surface area contributed by atoms with E-state index in [4.69, 9.17) is 17.4 Å². The largest absolute Gasteiger partial charge is 0.476 e. The molecule has 9 heteroatoms. The summed E-state index contributed by atoms with van der Waals surface area (Å²) in [5.41, 5.74) is 0. The second kappa shape index (κ2) is 9.25. The molecule has 0 saturated carbocycles. The monoisotopic (exact) mass is 380 g/mol. The Morgan fingerprint density at radius 1 is 1.00 bits per heavy atom. The zero-order valence-corrected chi connectivity index (χ0v) is 18.6. The van der Waals surface area contributed by atoms with Crippen molar-refractivity contribution in [2.24, 2.45) is 0 Å². The van der Waals surface area contributed by atoms with Gasteiger partial charge in [-0.3, -0.25) is 0 Å². The molecule has 0 heterocycles. The van der Waals surface area contributed by atoms with Crippen LogP contribution in [-0.2, 0) is 22.2 Å². The second-order valence-corrected chi connectivity index (χ2v) is 19.5. The first-order chi connectivity index (χ1) is 10.3. The van der Waals surface area contributed by atoms with Crippen LogP contribution in [0.3, 0.4) is 0 Å². The van der Waals surface area contributed by atoms with E-state index in [2.05, 4.69) is 39.3 Å². The molecular formula is C14H32O6Si3. The summed E-state index contributed by atoms with van der Waals surface area (Å²) in [4.78, 5) is 11.2. The number of allylic oxidation sites excluding steroid dienone is 1. The average Bonchev–Trinajstić information content (AvgIpc) is 2.29. The molecule has 23 heavy (non-hydrogen) atoms. The summed E-state index contributed by atoms with van der Waals surface area (Å²) in [5.74, 6) is -0.483. The Labute approximate surface area is 143 Å². The molecule has 0 aliphatic rings. The highest BCUT2D eigenvalue weighted by Crippen LogP contribution is 2.21. The van der Waals surface area contributed by atoms with Crippen molar-refractivity contribution in [1.29, 1.82) is 0 Å². The van der Waals surface area contributed by atoms with Crippen molar-refractivity contribution < 1.29 is 27.3 Å². The maximum atomic E-state index is 11.2. The second-order valence-electron chi connectivity index (χ2n) is 7.39. The van der Waals surface area contributed by atoms with E-state index in [9.17, 15) is 9.90 Å². The zero-order chi connectivity index (χ0) is 18.3. The standard InChI is InChI=1S/C14H32O6Si3/c1-9-10-14(16)17-11-13(15)12-18-23(8,19-21(2,3)4)20-22(5,6)7/h9-10,13,15H,11-12H2,1-8H3. The minimum atomic E-state index is -2.85. The van der Waals surface area contributed by atoms with Gasteiger partial charge in [0.05, 0.1) is 6.61 Å². The highest BCUT2D eigenvalue weighted by Gasteiger charge is 2.43. The van der Waals surface area contributed by atoms with Crippen molar-refractivity contribution in [3.63, 3.8) is 0 Å². The van der Waals surface area contributed by atoms with Gasteiger partial charge >= 0.3 is 14.8 Å². The SMILES string of the molecule is CC=CC(=O)OCC(O)CO[Si](C)(O[Si](C)(C)C)O[Si](C)(C)C. The maximum absolute atomic E-state index is 11.2. The molecule has 0 aliphatic heterocycles. The molecule has 1 N–H and O–H groups in total. The maximum Gasteiger partial charge on any atom is 0.476 e. The van der Waals surface area contributed by atoms with E-state index in [-0.39, 0.29) is 13.2 Å². The summed E-state index contributed by atoms with van der Waals surface area (Å²) < 4.78 is 23.1. The third-order valence-electron chi connectivity index (χ3n) is 2.24. The van der Waals surface area contributed by atoms with Crippen LogP contribution in [0.5, 0.6) is 0 Å². The Morgan fingerprint density at radius 2 is 1.48 bits per heavy atom. The van der Waals surface area contributed by atoms with Crippen LogP contribution in [0.25, 0.3) is 0 Å². The Balaban J connectivity index is 4.62. The van der Waals surface area contributed by atoms with E-state index in [1.165, 1.54) is 6.08 Å². The Kier molecular flexibility index (Phi) is 9.13. The number of ether oxygens (including phenoxy) is 1. The molecule has 0 bridgehead atoms. The molecule has 0 rings (SSSR count). The van der Waals surface area contributed by atoms with Crippen LogP contribution in [-0.4, -0.2) is 55.8 Å². The fraction of sp³-hybridized carbons (Fsp3) is 0.786. The van der Waals surface area contributed by atoms with Crippen LogP contribution in [0.4, 0.5) is 0 Å². The molecule has 0 aromatic carbocycles. The number of esters is 1. The normalized spacial score (nSPS) is 15.0. The van der Waals surface area contributed by atoms with Crippen molar-refractivity contribution in [1.82, 2.24) is 0 Å². The highest BCUT2D eigenvalue weighted by atomic mass is 28.5. The molecule has 1 atom stereocenters. The van der Waals surface area contributed by atoms with E-state index in [0.717, 1.165) is 0 Å². The van der Waals surface area contributed by atoms with Crippen LogP contribution in [0.2, 0.25) is 45.8 Å². The summed E-state index contributed by atoms with van der Waals surface area (Å²) in [5, 5.41) is 9.93. The molecule has 0 amide bonds. The smallest absolute Gasteiger partial charge is 0.460 e. The molecule has 0 aromatic rings. The zero-order valence-electron chi connectivity index (χ0n) is 15.6. The molecule has 6 nitrogen and oxygen atoms in total. The molecule has 0 fully saturated rings. The summed E-state index contributed by atoms with van der Waals surface area (Å²) in [7, 11) is -6.55. The minimum absolute atomic E-state index is 0.0147. The number of aliphatic hydroxyl groups is 1. The predicted molar refractivity (Wildman–Crippen MR) is 98.2 cm³/mol. The van der Waals surface area contributed by atoms with Gasteiger partial charge in [-0.2, -0.15) is 0 Å². The third kappa shape index (κ3) is 12.8. The topological polar surface area (TPSA) is 74.2 Å². The van der Waals surface area contributed by atoms with Gasteiger partial charge in [-0.1, -0.05) is 6.08 Å². The van der Waals surface area contributed by atoms with Crippen molar-refractivity contribution in [3.8, 4) is 0 Å². The first-order valence-corrected chi connectivity index (χ1v) is 16.8. The fourth-order valence-corrected chi connectivity index (χ4v) is 12.3. The number of hydrogen-bond acceptors (Lipinski definition) is 6. The van der Waals surface area contributed by atoms with E-state index in [1.54, 1.807) is 13.0 Å². The summed E-state index contributed by atoms with van der Waals surface area (Å²) >= 11 is 0. The molecule has 0 radical (unpaired) electrons. The van der Waals surface area contributed by atoms with Gasteiger partial charge in [-0.15, -0.1) is 0 Å². The van der Waals surface area contributed by atoms with Crippen LogP contribution in [0, 0.1) is 0 Å². The highest BCUT2D eigenvalue weighted by molar-refractivity contribution is 6.85. The van der Waals surface area contributed by atoms with Gasteiger partial charge in [0.2, 0.25) is 0 Å². The molecule has 0 aliphatic carbocycles. The number of carbonyl (C=O) groups is 1. The molecule has 1 unspecified atom stereocenters. The van der Waals surface area contributed by atoms with Gasteiger partial charge in [0, 0.05) is 12.6 Å². The lowest BCUT2D eigenvalue weighted by Crippen LogP contribution is -2.55. The molecule has 0 spiro atoms. The fourth-order valence-electron chi connectivity index (χ4n) is 1.85. The van der Waals surface area contributed by atoms with E-state index in [0.29, 0.717) is 0 Å².